The zero-order valence-electron chi connectivity index (χ0n) is 34.8. The number of allylic oxidation sites excluding steroid dienone is 2. The van der Waals surface area contributed by atoms with Crippen molar-refractivity contribution in [2.45, 2.75) is 139 Å². The Balaban J connectivity index is 0.966. The van der Waals surface area contributed by atoms with Crippen LogP contribution in [0.1, 0.15) is 52.9 Å². The average Bonchev–Trinajstić information content (AvgIpc) is 3.73. The maximum atomic E-state index is 13.3. The van der Waals surface area contributed by atoms with E-state index in [9.17, 15) is 60.7 Å². The fraction of sp³-hybridized carbons (Fsp3) is 0.714. The lowest BCUT2D eigenvalue weighted by atomic mass is 9.81. The van der Waals surface area contributed by atoms with Gasteiger partial charge in [-0.15, -0.1) is 0 Å². The zero-order chi connectivity index (χ0) is 45.2. The maximum absolute atomic E-state index is 13.3. The molecule has 20 nitrogen and oxygen atoms in total. The van der Waals surface area contributed by atoms with Crippen molar-refractivity contribution in [3.8, 4) is 0 Å². The van der Waals surface area contributed by atoms with Crippen LogP contribution in [0.2, 0.25) is 0 Å². The van der Waals surface area contributed by atoms with Gasteiger partial charge in [-0.1, -0.05) is 18.2 Å². The fourth-order valence-electron chi connectivity index (χ4n) is 8.96. The van der Waals surface area contributed by atoms with Crippen molar-refractivity contribution in [3.63, 3.8) is 0 Å². The Morgan fingerprint density at radius 2 is 1.31 bits per heavy atom. The molecule has 62 heavy (non-hydrogen) atoms. The van der Waals surface area contributed by atoms with Crippen molar-refractivity contribution < 1.29 is 98.5 Å². The molecule has 6 rings (SSSR count). The van der Waals surface area contributed by atoms with E-state index in [1.165, 1.54) is 6.26 Å². The molecule has 4 heterocycles. The summed E-state index contributed by atoms with van der Waals surface area (Å²) in [7, 11) is 0. The van der Waals surface area contributed by atoms with Crippen LogP contribution in [0.5, 0.6) is 0 Å². The lowest BCUT2D eigenvalue weighted by Gasteiger charge is -2.44. The Morgan fingerprint density at radius 1 is 0.758 bits per heavy atom. The second-order valence-electron chi connectivity index (χ2n) is 17.1. The zero-order valence-corrected chi connectivity index (χ0v) is 34.8. The number of hydrogen-bond donors (Lipinski definition) is 10. The molecule has 2 saturated heterocycles. The molecule has 6 aliphatic rings. The first-order valence-corrected chi connectivity index (χ1v) is 20.8. The van der Waals surface area contributed by atoms with E-state index in [1.54, 1.807) is 19.9 Å². The molecule has 18 unspecified atom stereocenters. The molecule has 4 fully saturated rings. The highest BCUT2D eigenvalue weighted by molar-refractivity contribution is 5.90. The van der Waals surface area contributed by atoms with E-state index in [0.29, 0.717) is 31.3 Å². The summed E-state index contributed by atoms with van der Waals surface area (Å²) in [5.41, 5.74) is 0.999. The van der Waals surface area contributed by atoms with Gasteiger partial charge >= 0.3 is 11.9 Å². The summed E-state index contributed by atoms with van der Waals surface area (Å²) >= 11 is 0. The predicted octanol–water partition coefficient (Wildman–Crippen LogP) is -1.81. The second-order valence-corrected chi connectivity index (χ2v) is 17.1. The second kappa shape index (κ2) is 20.2. The molecule has 0 spiro atoms. The lowest BCUT2D eigenvalue weighted by molar-refractivity contribution is -0.346. The summed E-state index contributed by atoms with van der Waals surface area (Å²) in [6.45, 7) is 7.79. The Morgan fingerprint density at radius 3 is 1.90 bits per heavy atom. The molecule has 2 aliphatic carbocycles. The van der Waals surface area contributed by atoms with Crippen molar-refractivity contribution in [3.05, 3.63) is 59.1 Å². The first kappa shape index (κ1) is 48.1. The third-order valence-electron chi connectivity index (χ3n) is 12.7. The van der Waals surface area contributed by atoms with Crippen molar-refractivity contribution in [1.29, 1.82) is 0 Å². The summed E-state index contributed by atoms with van der Waals surface area (Å²) in [6, 6.07) is 0. The standard InChI is InChI=1S/C42H60O20/c1-18(9-11-55-36(52)24-17-57-38(28-20(3)25(45)12-22(24)28)61-40-34(50)32(48)30(46)26(13-43)59-40)6-5-7-19(2)15-56-37(53)23-16-58-39(29-21(23)8-10-42(29,4)54)62-41-35(51)33(49)31(47)27(14-44)60-41/h7,9,16-17,21-22,25-35,38-41,43-51,54H,3,5-6,8,10-15H2,1-2,4H3. The van der Waals surface area contributed by atoms with E-state index in [-0.39, 0.29) is 30.8 Å². The van der Waals surface area contributed by atoms with E-state index < -0.39 is 135 Å². The maximum Gasteiger partial charge on any atom is 0.337 e. The van der Waals surface area contributed by atoms with Crippen molar-refractivity contribution in [2.24, 2.45) is 23.7 Å². The molecule has 0 aromatic rings. The third kappa shape index (κ3) is 10.1. The van der Waals surface area contributed by atoms with Crippen LogP contribution < -0.4 is 0 Å². The lowest BCUT2D eigenvalue weighted by Crippen LogP contribution is -2.60. The minimum absolute atomic E-state index is 0.0238. The summed E-state index contributed by atoms with van der Waals surface area (Å²) < 4.78 is 45.1. The van der Waals surface area contributed by atoms with E-state index in [1.807, 2.05) is 13.0 Å². The fourth-order valence-corrected chi connectivity index (χ4v) is 8.96. The third-order valence-corrected chi connectivity index (χ3v) is 12.7. The molecule has 0 bridgehead atoms. The summed E-state index contributed by atoms with van der Waals surface area (Å²) in [5, 5.41) is 102. The van der Waals surface area contributed by atoms with E-state index in [0.717, 1.165) is 17.4 Å². The normalized spacial score (nSPS) is 42.2. The summed E-state index contributed by atoms with van der Waals surface area (Å²) in [5.74, 6) is -4.01. The number of esters is 2. The van der Waals surface area contributed by atoms with Gasteiger partial charge in [-0.25, -0.2) is 9.59 Å². The van der Waals surface area contributed by atoms with Crippen molar-refractivity contribution in [2.75, 3.05) is 26.4 Å². The quantitative estimate of drug-likeness (QED) is 0.0640. The monoisotopic (exact) mass is 884 g/mol. The molecule has 18 atom stereocenters. The van der Waals surface area contributed by atoms with Crippen molar-refractivity contribution in [1.82, 2.24) is 0 Å². The van der Waals surface area contributed by atoms with Crippen LogP contribution in [0, 0.1) is 23.7 Å². The van der Waals surface area contributed by atoms with Gasteiger partial charge in [0.2, 0.25) is 12.6 Å². The highest BCUT2D eigenvalue weighted by Crippen LogP contribution is 2.50. The molecule has 0 aromatic carbocycles. The molecule has 0 radical (unpaired) electrons. The average molecular weight is 885 g/mol. The number of ether oxygens (including phenoxy) is 8. The van der Waals surface area contributed by atoms with E-state index in [4.69, 9.17) is 37.9 Å². The first-order valence-electron chi connectivity index (χ1n) is 20.8. The number of fused-ring (bicyclic) bond motifs is 2. The number of aliphatic hydroxyl groups is 10. The highest BCUT2D eigenvalue weighted by Gasteiger charge is 2.56. The Hall–Kier alpha value is -3.32. The van der Waals surface area contributed by atoms with Crippen LogP contribution in [0.15, 0.2) is 59.1 Å². The molecule has 348 valence electrons. The van der Waals surface area contributed by atoms with Crippen LogP contribution in [-0.2, 0) is 47.5 Å². The predicted molar refractivity (Wildman–Crippen MR) is 208 cm³/mol. The SMILES string of the molecule is C=C1C(O)CC2C(C(=O)OCC=C(C)CCC=C(C)COC(=O)C3=COC(OC4OC(CO)C(O)C(O)C4O)C4C3CCC4(C)O)=COC(OC3OC(CO)C(O)C(O)C3O)C12. The van der Waals surface area contributed by atoms with Crippen LogP contribution in [0.25, 0.3) is 0 Å². The molecule has 20 heteroatoms. The summed E-state index contributed by atoms with van der Waals surface area (Å²) in [6.07, 6.45) is -10.7. The van der Waals surface area contributed by atoms with Gasteiger partial charge in [-0.2, -0.15) is 0 Å². The van der Waals surface area contributed by atoms with Gasteiger partial charge in [0, 0.05) is 11.8 Å². The molecule has 4 aliphatic heterocycles. The van der Waals surface area contributed by atoms with Crippen LogP contribution in [0.4, 0.5) is 0 Å². The Labute approximate surface area is 357 Å². The molecule has 0 amide bonds. The summed E-state index contributed by atoms with van der Waals surface area (Å²) in [4.78, 5) is 26.5. The largest absolute Gasteiger partial charge is 0.471 e. The number of hydrogen-bond acceptors (Lipinski definition) is 20. The topological polar surface area (TPSA) is 310 Å². The van der Waals surface area contributed by atoms with Gasteiger partial charge in [0.1, 0.15) is 62.0 Å². The van der Waals surface area contributed by atoms with Crippen LogP contribution in [0.3, 0.4) is 0 Å². The first-order chi connectivity index (χ1) is 29.4. The molecular formula is C42H60O20. The molecule has 2 saturated carbocycles. The van der Waals surface area contributed by atoms with Gasteiger partial charge in [-0.05, 0) is 70.1 Å². The van der Waals surface area contributed by atoms with E-state index >= 15 is 0 Å². The molecule has 0 aromatic heterocycles. The van der Waals surface area contributed by atoms with Gasteiger partial charge in [0.05, 0.1) is 60.4 Å². The smallest absolute Gasteiger partial charge is 0.337 e. The number of carbonyl (C=O) groups is 2. The molecular weight excluding hydrogens is 824 g/mol. The minimum atomic E-state index is -1.69. The number of carbonyl (C=O) groups excluding carboxylic acids is 2. The van der Waals surface area contributed by atoms with Crippen LogP contribution in [-0.4, -0.2) is 175 Å². The van der Waals surface area contributed by atoms with Gasteiger partial charge in [-0.3, -0.25) is 0 Å². The molecule has 10 N–H and O–H groups in total. The number of rotatable bonds is 15. The minimum Gasteiger partial charge on any atom is -0.471 e. The number of aliphatic hydroxyl groups excluding tert-OH is 9. The van der Waals surface area contributed by atoms with Gasteiger partial charge < -0.3 is 89.0 Å². The van der Waals surface area contributed by atoms with Gasteiger partial charge in [0.25, 0.3) is 0 Å². The Bertz CT molecular complexity index is 1740. The van der Waals surface area contributed by atoms with E-state index in [2.05, 4.69) is 6.58 Å². The van der Waals surface area contributed by atoms with Crippen LogP contribution >= 0.6 is 0 Å². The Kier molecular flexibility index (Phi) is 15.7. The van der Waals surface area contributed by atoms with Gasteiger partial charge in [0.15, 0.2) is 12.6 Å². The highest BCUT2D eigenvalue weighted by atomic mass is 16.8. The van der Waals surface area contributed by atoms with Crippen molar-refractivity contribution >= 4 is 11.9 Å².